The number of benzene rings is 2. The molecule has 1 fully saturated rings. The van der Waals surface area contributed by atoms with E-state index in [1.54, 1.807) is 0 Å². The van der Waals surface area contributed by atoms with Crippen LogP contribution < -0.4 is 10.1 Å². The molecule has 23 heavy (non-hydrogen) atoms. The summed E-state index contributed by atoms with van der Waals surface area (Å²) in [5, 5.41) is 3.31. The summed E-state index contributed by atoms with van der Waals surface area (Å²) < 4.78 is 6.76. The fraction of sp³-hybridized carbons (Fsp3) is 0.278. The van der Waals surface area contributed by atoms with Crippen LogP contribution in [0.1, 0.15) is 16.8 Å². The zero-order valence-corrected chi connectivity index (χ0v) is 14.4. The highest BCUT2D eigenvalue weighted by atomic mass is 79.9. The van der Waals surface area contributed by atoms with Crippen molar-refractivity contribution in [3.05, 3.63) is 58.6 Å². The van der Waals surface area contributed by atoms with E-state index in [2.05, 4.69) is 21.2 Å². The van der Waals surface area contributed by atoms with Gasteiger partial charge in [0.1, 0.15) is 11.5 Å². The molecule has 1 heterocycles. The van der Waals surface area contributed by atoms with Crippen molar-refractivity contribution in [2.45, 2.75) is 6.42 Å². The number of rotatable bonds is 3. The van der Waals surface area contributed by atoms with Crippen molar-refractivity contribution in [1.29, 1.82) is 0 Å². The molecule has 1 aliphatic rings. The molecule has 1 amide bonds. The molecule has 120 valence electrons. The summed E-state index contributed by atoms with van der Waals surface area (Å²) in [6.07, 6.45) is 0.996. The number of ether oxygens (including phenoxy) is 1. The van der Waals surface area contributed by atoms with Crippen molar-refractivity contribution in [3.63, 3.8) is 0 Å². The van der Waals surface area contributed by atoms with Crippen LogP contribution in [0.15, 0.2) is 53.0 Å². The number of nitrogens with zero attached hydrogens (tertiary/aromatic N) is 1. The van der Waals surface area contributed by atoms with Gasteiger partial charge in [0.05, 0.1) is 0 Å². The first-order chi connectivity index (χ1) is 11.2. The summed E-state index contributed by atoms with van der Waals surface area (Å²) >= 11 is 3.42. The second kappa shape index (κ2) is 7.62. The van der Waals surface area contributed by atoms with Gasteiger partial charge in [0.15, 0.2) is 0 Å². The van der Waals surface area contributed by atoms with E-state index in [0.717, 1.165) is 48.6 Å². The molecule has 0 bridgehead atoms. The molecule has 0 aliphatic carbocycles. The molecule has 0 atom stereocenters. The molecule has 0 spiro atoms. The number of nitrogens with one attached hydrogen (secondary N) is 1. The molecule has 0 aromatic heterocycles. The highest BCUT2D eigenvalue weighted by Gasteiger charge is 2.16. The van der Waals surface area contributed by atoms with Crippen LogP contribution in [0, 0.1) is 0 Å². The fourth-order valence-electron chi connectivity index (χ4n) is 2.56. The molecule has 5 heteroatoms. The monoisotopic (exact) mass is 374 g/mol. The van der Waals surface area contributed by atoms with Crippen LogP contribution in [0.4, 0.5) is 0 Å². The van der Waals surface area contributed by atoms with Gasteiger partial charge in [-0.1, -0.05) is 22.0 Å². The largest absolute Gasteiger partial charge is 0.457 e. The second-order valence-electron chi connectivity index (χ2n) is 5.48. The maximum absolute atomic E-state index is 12.5. The van der Waals surface area contributed by atoms with Crippen molar-refractivity contribution >= 4 is 21.8 Å². The van der Waals surface area contributed by atoms with Crippen molar-refractivity contribution in [3.8, 4) is 11.5 Å². The first-order valence-corrected chi connectivity index (χ1v) is 8.55. The molecule has 3 rings (SSSR count). The quantitative estimate of drug-likeness (QED) is 0.890. The first-order valence-electron chi connectivity index (χ1n) is 7.76. The van der Waals surface area contributed by atoms with Gasteiger partial charge in [0, 0.05) is 29.7 Å². The van der Waals surface area contributed by atoms with Crippen LogP contribution in [0.25, 0.3) is 0 Å². The van der Waals surface area contributed by atoms with Gasteiger partial charge in [0.2, 0.25) is 0 Å². The van der Waals surface area contributed by atoms with Crippen LogP contribution in [0.5, 0.6) is 11.5 Å². The molecule has 2 aromatic rings. The van der Waals surface area contributed by atoms with Gasteiger partial charge in [-0.3, -0.25) is 4.79 Å². The predicted molar refractivity (Wildman–Crippen MR) is 94.0 cm³/mol. The minimum Gasteiger partial charge on any atom is -0.457 e. The molecule has 0 saturated carbocycles. The lowest BCUT2D eigenvalue weighted by atomic mass is 10.2. The van der Waals surface area contributed by atoms with Gasteiger partial charge in [-0.05, 0) is 55.4 Å². The van der Waals surface area contributed by atoms with Crippen LogP contribution in [-0.4, -0.2) is 37.0 Å². The first kappa shape index (κ1) is 16.0. The second-order valence-corrected chi connectivity index (χ2v) is 6.40. The topological polar surface area (TPSA) is 41.6 Å². The standard InChI is InChI=1S/C18H19BrN2O2/c19-15-3-1-4-17(13-15)23-16-7-5-14(6-8-16)18(22)21-11-2-9-20-10-12-21/h1,3-8,13,20H,2,9-12H2. The number of halogens is 1. The lowest BCUT2D eigenvalue weighted by molar-refractivity contribution is 0.0766. The number of carbonyl (C=O) groups excluding carboxylic acids is 1. The Hall–Kier alpha value is -1.85. The Morgan fingerprint density at radius 1 is 1.04 bits per heavy atom. The van der Waals surface area contributed by atoms with Gasteiger partial charge < -0.3 is 15.0 Å². The summed E-state index contributed by atoms with van der Waals surface area (Å²) in [7, 11) is 0. The third kappa shape index (κ3) is 4.33. The van der Waals surface area contributed by atoms with E-state index in [0.29, 0.717) is 5.56 Å². The molecule has 1 saturated heterocycles. The number of hydrogen-bond acceptors (Lipinski definition) is 3. The normalized spacial score (nSPS) is 15.1. The maximum Gasteiger partial charge on any atom is 0.253 e. The van der Waals surface area contributed by atoms with Gasteiger partial charge in [-0.2, -0.15) is 0 Å². The van der Waals surface area contributed by atoms with Crippen LogP contribution in [0.3, 0.4) is 0 Å². The Balaban J connectivity index is 1.67. The average Bonchev–Trinajstić information content (AvgIpc) is 2.84. The smallest absolute Gasteiger partial charge is 0.253 e. The molecule has 0 radical (unpaired) electrons. The van der Waals surface area contributed by atoms with E-state index in [4.69, 9.17) is 4.74 Å². The number of carbonyl (C=O) groups is 1. The van der Waals surface area contributed by atoms with E-state index in [1.807, 2.05) is 53.4 Å². The third-order valence-electron chi connectivity index (χ3n) is 3.76. The molecule has 2 aromatic carbocycles. The highest BCUT2D eigenvalue weighted by molar-refractivity contribution is 9.10. The Labute approximate surface area is 144 Å². The minimum absolute atomic E-state index is 0.0858. The Bertz CT molecular complexity index is 665. The van der Waals surface area contributed by atoms with Crippen molar-refractivity contribution < 1.29 is 9.53 Å². The van der Waals surface area contributed by atoms with E-state index >= 15 is 0 Å². The van der Waals surface area contributed by atoms with Gasteiger partial charge in [0.25, 0.3) is 5.91 Å². The molecule has 4 nitrogen and oxygen atoms in total. The summed E-state index contributed by atoms with van der Waals surface area (Å²) in [5.74, 6) is 1.57. The van der Waals surface area contributed by atoms with E-state index in [1.165, 1.54) is 0 Å². The van der Waals surface area contributed by atoms with Gasteiger partial charge in [-0.15, -0.1) is 0 Å². The van der Waals surface area contributed by atoms with Crippen molar-refractivity contribution in [2.24, 2.45) is 0 Å². The summed E-state index contributed by atoms with van der Waals surface area (Å²) in [6, 6.07) is 15.0. The third-order valence-corrected chi connectivity index (χ3v) is 4.25. The van der Waals surface area contributed by atoms with E-state index in [9.17, 15) is 4.79 Å². The predicted octanol–water partition coefficient (Wildman–Crippen LogP) is 3.68. The highest BCUT2D eigenvalue weighted by Crippen LogP contribution is 2.24. The lowest BCUT2D eigenvalue weighted by Crippen LogP contribution is -2.34. The summed E-state index contributed by atoms with van der Waals surface area (Å²) in [5.41, 5.74) is 0.702. The zero-order valence-electron chi connectivity index (χ0n) is 12.8. The van der Waals surface area contributed by atoms with Gasteiger partial charge >= 0.3 is 0 Å². The summed E-state index contributed by atoms with van der Waals surface area (Å²) in [4.78, 5) is 14.4. The summed E-state index contributed by atoms with van der Waals surface area (Å²) in [6.45, 7) is 3.40. The van der Waals surface area contributed by atoms with Crippen molar-refractivity contribution in [1.82, 2.24) is 10.2 Å². The van der Waals surface area contributed by atoms with E-state index in [-0.39, 0.29) is 5.91 Å². The Morgan fingerprint density at radius 3 is 2.65 bits per heavy atom. The van der Waals surface area contributed by atoms with Crippen molar-refractivity contribution in [2.75, 3.05) is 26.2 Å². The molecule has 0 unspecified atom stereocenters. The molecule has 1 aliphatic heterocycles. The maximum atomic E-state index is 12.5. The molecular formula is C18H19BrN2O2. The van der Waals surface area contributed by atoms with E-state index < -0.39 is 0 Å². The van der Waals surface area contributed by atoms with Crippen LogP contribution in [-0.2, 0) is 0 Å². The van der Waals surface area contributed by atoms with Crippen LogP contribution >= 0.6 is 15.9 Å². The SMILES string of the molecule is O=C(c1ccc(Oc2cccc(Br)c2)cc1)N1CCCNCC1. The lowest BCUT2D eigenvalue weighted by Gasteiger charge is -2.20. The Kier molecular flexibility index (Phi) is 5.31. The fourth-order valence-corrected chi connectivity index (χ4v) is 2.94. The molecular weight excluding hydrogens is 356 g/mol. The van der Waals surface area contributed by atoms with Gasteiger partial charge in [-0.25, -0.2) is 0 Å². The average molecular weight is 375 g/mol. The molecule has 1 N–H and O–H groups in total. The van der Waals surface area contributed by atoms with Crippen LogP contribution in [0.2, 0.25) is 0 Å². The minimum atomic E-state index is 0.0858. The Morgan fingerprint density at radius 2 is 1.87 bits per heavy atom. The number of amides is 1. The zero-order chi connectivity index (χ0) is 16.1. The number of hydrogen-bond donors (Lipinski definition) is 1.